The third-order valence-electron chi connectivity index (χ3n) is 4.75. The van der Waals surface area contributed by atoms with Crippen LogP contribution in [0.3, 0.4) is 0 Å². The molecule has 7 nitrogen and oxygen atoms in total. The number of benzene rings is 1. The van der Waals surface area contributed by atoms with Crippen LogP contribution < -0.4 is 10.6 Å². The molecule has 0 bridgehead atoms. The molecule has 0 saturated carbocycles. The largest absolute Gasteiger partial charge is 0.338 e. The van der Waals surface area contributed by atoms with Gasteiger partial charge in [0.1, 0.15) is 5.50 Å². The highest BCUT2D eigenvalue weighted by Gasteiger charge is 2.27. The van der Waals surface area contributed by atoms with E-state index in [0.29, 0.717) is 23.9 Å². The first-order chi connectivity index (χ1) is 13.6. The zero-order chi connectivity index (χ0) is 19.5. The molecule has 8 heteroatoms. The van der Waals surface area contributed by atoms with E-state index in [1.807, 2.05) is 18.2 Å². The summed E-state index contributed by atoms with van der Waals surface area (Å²) in [6.07, 6.45) is 3.87. The van der Waals surface area contributed by atoms with Gasteiger partial charge < -0.3 is 9.84 Å². The second-order valence-electron chi connectivity index (χ2n) is 6.77. The summed E-state index contributed by atoms with van der Waals surface area (Å²) in [7, 11) is 0. The molecule has 1 aliphatic heterocycles. The van der Waals surface area contributed by atoms with Crippen LogP contribution in [-0.4, -0.2) is 26.5 Å². The van der Waals surface area contributed by atoms with Crippen molar-refractivity contribution in [2.24, 2.45) is 0 Å². The molecule has 1 saturated heterocycles. The number of carbonyl (C=O) groups excluding carboxylic acids is 1. The van der Waals surface area contributed by atoms with Gasteiger partial charge in [-0.2, -0.15) is 4.98 Å². The highest BCUT2D eigenvalue weighted by molar-refractivity contribution is 7.99. The Kier molecular flexibility index (Phi) is 5.40. The first-order valence-corrected chi connectivity index (χ1v) is 10.1. The lowest BCUT2D eigenvalue weighted by molar-refractivity contribution is -0.123. The van der Waals surface area contributed by atoms with Crippen LogP contribution in [0.2, 0.25) is 0 Å². The molecule has 28 heavy (non-hydrogen) atoms. The minimum atomic E-state index is -0.226. The van der Waals surface area contributed by atoms with Gasteiger partial charge in [0.25, 0.3) is 0 Å². The molecule has 3 aromatic rings. The van der Waals surface area contributed by atoms with Gasteiger partial charge in [-0.25, -0.2) is 0 Å². The van der Waals surface area contributed by atoms with Gasteiger partial charge >= 0.3 is 0 Å². The van der Waals surface area contributed by atoms with Gasteiger partial charge in [0, 0.05) is 30.4 Å². The maximum absolute atomic E-state index is 12.1. The summed E-state index contributed by atoms with van der Waals surface area (Å²) < 4.78 is 5.39. The number of aryl methyl sites for hydroxylation is 2. The Hall–Kier alpha value is -2.71. The molecular formula is C20H21N5O2S. The van der Waals surface area contributed by atoms with Crippen molar-refractivity contribution < 1.29 is 9.32 Å². The number of pyridine rings is 1. The minimum absolute atomic E-state index is 0.0133. The maximum Gasteiger partial charge on any atom is 0.237 e. The predicted molar refractivity (Wildman–Crippen MR) is 107 cm³/mol. The van der Waals surface area contributed by atoms with Gasteiger partial charge in [-0.15, -0.1) is 11.8 Å². The number of carbonyl (C=O) groups is 1. The van der Waals surface area contributed by atoms with E-state index in [2.05, 4.69) is 51.7 Å². The summed E-state index contributed by atoms with van der Waals surface area (Å²) in [5.74, 6) is 1.62. The second kappa shape index (κ2) is 8.12. The third kappa shape index (κ3) is 4.23. The fraction of sp³-hybridized carbons (Fsp3) is 0.300. The Morgan fingerprint density at radius 2 is 2.00 bits per heavy atom. The van der Waals surface area contributed by atoms with Crippen molar-refractivity contribution in [3.63, 3.8) is 0 Å². The molecule has 0 radical (unpaired) electrons. The molecule has 2 N–H and O–H groups in total. The van der Waals surface area contributed by atoms with Crippen molar-refractivity contribution in [3.8, 4) is 11.4 Å². The fourth-order valence-corrected chi connectivity index (χ4v) is 3.94. The summed E-state index contributed by atoms with van der Waals surface area (Å²) in [5, 5.41) is 10.5. The summed E-state index contributed by atoms with van der Waals surface area (Å²) in [6, 6.07) is 9.91. The highest BCUT2D eigenvalue weighted by Crippen LogP contribution is 2.25. The lowest BCUT2D eigenvalue weighted by Crippen LogP contribution is -2.50. The van der Waals surface area contributed by atoms with E-state index in [1.54, 1.807) is 12.4 Å². The van der Waals surface area contributed by atoms with E-state index in [1.165, 1.54) is 22.9 Å². The van der Waals surface area contributed by atoms with Crippen molar-refractivity contribution in [2.75, 3.05) is 0 Å². The van der Waals surface area contributed by atoms with Gasteiger partial charge in [0.2, 0.25) is 17.6 Å². The minimum Gasteiger partial charge on any atom is -0.338 e. The number of aromatic nitrogens is 3. The molecule has 2 unspecified atom stereocenters. The molecule has 1 fully saturated rings. The number of nitrogens with one attached hydrogen (secondary N) is 2. The lowest BCUT2D eigenvalue weighted by atomic mass is 10.0. The second-order valence-corrected chi connectivity index (χ2v) is 7.87. The van der Waals surface area contributed by atoms with Crippen molar-refractivity contribution in [1.82, 2.24) is 25.8 Å². The molecule has 1 amide bonds. The molecular weight excluding hydrogens is 374 g/mol. The third-order valence-corrected chi connectivity index (χ3v) is 5.75. The van der Waals surface area contributed by atoms with Gasteiger partial charge in [-0.05, 0) is 48.7 Å². The summed E-state index contributed by atoms with van der Waals surface area (Å²) in [5.41, 5.74) is 4.17. The van der Waals surface area contributed by atoms with Gasteiger partial charge in [0.05, 0.1) is 5.75 Å². The van der Waals surface area contributed by atoms with Crippen molar-refractivity contribution >= 4 is 17.7 Å². The van der Waals surface area contributed by atoms with E-state index in [-0.39, 0.29) is 17.4 Å². The Labute approximate surface area is 167 Å². The number of amides is 1. The number of nitrogens with zero attached hydrogens (tertiary/aromatic N) is 3. The molecule has 2 atom stereocenters. The van der Waals surface area contributed by atoms with E-state index < -0.39 is 0 Å². The van der Waals surface area contributed by atoms with E-state index in [9.17, 15) is 4.79 Å². The number of hydrogen-bond donors (Lipinski definition) is 2. The van der Waals surface area contributed by atoms with Gasteiger partial charge in [0.15, 0.2) is 0 Å². The molecule has 144 valence electrons. The van der Waals surface area contributed by atoms with E-state index >= 15 is 0 Å². The number of hydrogen-bond acceptors (Lipinski definition) is 7. The van der Waals surface area contributed by atoms with Crippen molar-refractivity contribution in [2.45, 2.75) is 37.6 Å². The average Bonchev–Trinajstić information content (AvgIpc) is 3.18. The van der Waals surface area contributed by atoms with Crippen LogP contribution in [-0.2, 0) is 10.5 Å². The first-order valence-electron chi connectivity index (χ1n) is 9.05. The summed E-state index contributed by atoms with van der Waals surface area (Å²) in [4.78, 5) is 20.6. The normalized spacial score (nSPS) is 19.4. The van der Waals surface area contributed by atoms with Crippen LogP contribution in [0.5, 0.6) is 0 Å². The Balaban J connectivity index is 1.39. The molecule has 0 spiro atoms. The van der Waals surface area contributed by atoms with Gasteiger partial charge in [-0.3, -0.25) is 15.1 Å². The predicted octanol–water partition coefficient (Wildman–Crippen LogP) is 3.12. The quantitative estimate of drug-likeness (QED) is 0.686. The van der Waals surface area contributed by atoms with E-state index in [0.717, 1.165) is 11.1 Å². The molecule has 4 rings (SSSR count). The summed E-state index contributed by atoms with van der Waals surface area (Å²) >= 11 is 1.51. The van der Waals surface area contributed by atoms with Crippen molar-refractivity contribution in [1.29, 1.82) is 0 Å². The van der Waals surface area contributed by atoms with Crippen LogP contribution >= 0.6 is 11.8 Å². The molecule has 3 heterocycles. The zero-order valence-electron chi connectivity index (χ0n) is 15.7. The molecule has 1 aliphatic rings. The topological polar surface area (TPSA) is 92.9 Å². The molecule has 0 aliphatic carbocycles. The highest BCUT2D eigenvalue weighted by atomic mass is 32.2. The SMILES string of the molecule is Cc1ccc(-c2noc(CSC3NC(=O)CC(c4ccncc4)N3)n2)cc1C. The maximum atomic E-state index is 12.1. The lowest BCUT2D eigenvalue weighted by Gasteiger charge is -2.31. The van der Waals surface area contributed by atoms with Crippen LogP contribution in [0.1, 0.15) is 35.0 Å². The molecule has 2 aromatic heterocycles. The Morgan fingerprint density at radius 3 is 2.79 bits per heavy atom. The van der Waals surface area contributed by atoms with Crippen LogP contribution in [0.15, 0.2) is 47.2 Å². The summed E-state index contributed by atoms with van der Waals surface area (Å²) in [6.45, 7) is 4.13. The number of rotatable bonds is 5. The fourth-order valence-electron chi connectivity index (χ4n) is 3.04. The Bertz CT molecular complexity index is 976. The van der Waals surface area contributed by atoms with E-state index in [4.69, 9.17) is 4.52 Å². The van der Waals surface area contributed by atoms with Crippen LogP contribution in [0.4, 0.5) is 0 Å². The smallest absolute Gasteiger partial charge is 0.237 e. The number of thioether (sulfide) groups is 1. The first kappa shape index (κ1) is 18.6. The van der Waals surface area contributed by atoms with Gasteiger partial charge in [-0.1, -0.05) is 17.3 Å². The van der Waals surface area contributed by atoms with Crippen LogP contribution in [0, 0.1) is 13.8 Å². The Morgan fingerprint density at radius 1 is 1.18 bits per heavy atom. The standard InChI is InChI=1S/C20H21N5O2S/c1-12-3-4-15(9-13(12)2)19-24-18(27-25-19)11-28-20-22-16(10-17(26)23-20)14-5-7-21-8-6-14/h3-9,16,20,22H,10-11H2,1-2H3,(H,23,26). The monoisotopic (exact) mass is 395 g/mol. The zero-order valence-corrected chi connectivity index (χ0v) is 16.5. The van der Waals surface area contributed by atoms with Crippen molar-refractivity contribution in [3.05, 3.63) is 65.3 Å². The average molecular weight is 395 g/mol. The van der Waals surface area contributed by atoms with Crippen LogP contribution in [0.25, 0.3) is 11.4 Å². The molecule has 1 aromatic carbocycles.